The average molecular weight is 287 g/mol. The van der Waals surface area contributed by atoms with E-state index in [1.54, 1.807) is 24.3 Å². The van der Waals surface area contributed by atoms with Gasteiger partial charge in [0, 0.05) is 11.1 Å². The number of benzene rings is 2. The highest BCUT2D eigenvalue weighted by Crippen LogP contribution is 2.39. The predicted octanol–water partition coefficient (Wildman–Crippen LogP) is 1.95. The fourth-order valence-corrected chi connectivity index (χ4v) is 2.38. The maximum Gasteiger partial charge on any atom is 0.333 e. The minimum absolute atomic E-state index is 0.0288. The highest BCUT2D eigenvalue weighted by molar-refractivity contribution is 5.87. The van der Waals surface area contributed by atoms with Crippen LogP contribution in [-0.4, -0.2) is 21.3 Å². The third-order valence-electron chi connectivity index (χ3n) is 3.59. The summed E-state index contributed by atoms with van der Waals surface area (Å²) in [4.78, 5) is 11.8. The summed E-state index contributed by atoms with van der Waals surface area (Å²) >= 11 is 0. The molecule has 0 aliphatic carbocycles. The Balaban J connectivity index is 2.76. The average Bonchev–Trinajstić information content (AvgIpc) is 2.47. The van der Waals surface area contributed by atoms with Gasteiger partial charge in [0.15, 0.2) is 5.54 Å². The fourth-order valence-electron chi connectivity index (χ4n) is 2.38. The molecular formula is C16H17NO4. The Morgan fingerprint density at radius 2 is 1.71 bits per heavy atom. The molecule has 5 nitrogen and oxygen atoms in total. The van der Waals surface area contributed by atoms with Crippen LogP contribution in [0.4, 0.5) is 0 Å². The van der Waals surface area contributed by atoms with Crippen LogP contribution in [0.15, 0.2) is 42.5 Å². The molecule has 5 heteroatoms. The standard InChI is InChI=1S/C16H17NO4/c1-2-10-6-5-8-12(14(10)19)16(17,15(20)21)11-7-3-4-9-13(11)18/h3-9,18-19H,2,17H2,1H3,(H,20,21). The van der Waals surface area contributed by atoms with E-state index >= 15 is 0 Å². The largest absolute Gasteiger partial charge is 0.508 e. The molecule has 1 unspecified atom stereocenters. The number of phenols is 2. The number of nitrogens with two attached hydrogens (primary N) is 1. The Labute approximate surface area is 122 Å². The van der Waals surface area contributed by atoms with Crippen LogP contribution in [0.1, 0.15) is 23.6 Å². The summed E-state index contributed by atoms with van der Waals surface area (Å²) < 4.78 is 0. The fraction of sp³-hybridized carbons (Fsp3) is 0.188. The zero-order valence-corrected chi connectivity index (χ0v) is 11.6. The first-order chi connectivity index (χ1) is 9.92. The molecule has 0 spiro atoms. The van der Waals surface area contributed by atoms with E-state index in [0.717, 1.165) is 0 Å². The van der Waals surface area contributed by atoms with Crippen molar-refractivity contribution < 1.29 is 20.1 Å². The van der Waals surface area contributed by atoms with Crippen LogP contribution >= 0.6 is 0 Å². The molecule has 0 radical (unpaired) electrons. The second kappa shape index (κ2) is 5.46. The summed E-state index contributed by atoms with van der Waals surface area (Å²) in [5, 5.41) is 29.9. The molecule has 0 aliphatic rings. The maximum absolute atomic E-state index is 11.8. The Bertz CT molecular complexity index is 684. The molecule has 0 fully saturated rings. The van der Waals surface area contributed by atoms with Crippen LogP contribution in [0.25, 0.3) is 0 Å². The molecular weight excluding hydrogens is 270 g/mol. The number of para-hydroxylation sites is 2. The van der Waals surface area contributed by atoms with Gasteiger partial charge in [-0.2, -0.15) is 0 Å². The van der Waals surface area contributed by atoms with Gasteiger partial charge in [-0.3, -0.25) is 0 Å². The van der Waals surface area contributed by atoms with Crippen molar-refractivity contribution in [2.75, 3.05) is 0 Å². The molecule has 0 bridgehead atoms. The van der Waals surface area contributed by atoms with Crippen LogP contribution < -0.4 is 5.73 Å². The molecule has 2 aromatic carbocycles. The second-order valence-corrected chi connectivity index (χ2v) is 4.80. The first kappa shape index (κ1) is 14.9. The number of phenolic OH excluding ortho intramolecular Hbond substituents is 2. The van der Waals surface area contributed by atoms with Gasteiger partial charge in [0.1, 0.15) is 11.5 Å². The monoisotopic (exact) mass is 287 g/mol. The van der Waals surface area contributed by atoms with E-state index < -0.39 is 11.5 Å². The number of hydrogen-bond donors (Lipinski definition) is 4. The van der Waals surface area contributed by atoms with Crippen LogP contribution in [0.2, 0.25) is 0 Å². The van der Waals surface area contributed by atoms with Gasteiger partial charge in [-0.05, 0) is 18.1 Å². The Hall–Kier alpha value is -2.53. The third kappa shape index (κ3) is 2.32. The van der Waals surface area contributed by atoms with E-state index in [4.69, 9.17) is 5.73 Å². The smallest absolute Gasteiger partial charge is 0.333 e. The summed E-state index contributed by atoms with van der Waals surface area (Å²) in [5.41, 5.74) is 4.74. The zero-order chi connectivity index (χ0) is 15.6. The lowest BCUT2D eigenvalue weighted by molar-refractivity contribution is -0.142. The van der Waals surface area contributed by atoms with E-state index in [1.807, 2.05) is 6.92 Å². The molecule has 21 heavy (non-hydrogen) atoms. The number of carboxylic acid groups (broad SMARTS) is 1. The first-order valence-electron chi connectivity index (χ1n) is 6.55. The van der Waals surface area contributed by atoms with Gasteiger partial charge in [-0.1, -0.05) is 43.3 Å². The van der Waals surface area contributed by atoms with E-state index in [9.17, 15) is 20.1 Å². The van der Waals surface area contributed by atoms with Gasteiger partial charge in [-0.15, -0.1) is 0 Å². The lowest BCUT2D eigenvalue weighted by atomic mass is 9.81. The lowest BCUT2D eigenvalue weighted by Crippen LogP contribution is -2.46. The van der Waals surface area contributed by atoms with Crippen molar-refractivity contribution in [3.8, 4) is 11.5 Å². The Kier molecular flexibility index (Phi) is 3.86. The van der Waals surface area contributed by atoms with Crippen LogP contribution in [0.3, 0.4) is 0 Å². The van der Waals surface area contributed by atoms with Crippen LogP contribution in [0.5, 0.6) is 11.5 Å². The van der Waals surface area contributed by atoms with Crippen molar-refractivity contribution in [2.24, 2.45) is 5.73 Å². The summed E-state index contributed by atoms with van der Waals surface area (Å²) in [5.74, 6) is -1.75. The predicted molar refractivity (Wildman–Crippen MR) is 78.2 cm³/mol. The zero-order valence-electron chi connectivity index (χ0n) is 11.6. The lowest BCUT2D eigenvalue weighted by Gasteiger charge is -2.28. The van der Waals surface area contributed by atoms with E-state index in [2.05, 4.69) is 0 Å². The molecule has 1 atom stereocenters. The SMILES string of the molecule is CCc1cccc(C(N)(C(=O)O)c2ccccc2O)c1O. The number of carboxylic acids is 1. The molecule has 0 amide bonds. The van der Waals surface area contributed by atoms with E-state index in [1.165, 1.54) is 18.2 Å². The number of hydrogen-bond acceptors (Lipinski definition) is 4. The van der Waals surface area contributed by atoms with Crippen molar-refractivity contribution >= 4 is 5.97 Å². The summed E-state index contributed by atoms with van der Waals surface area (Å²) in [6, 6.07) is 10.7. The van der Waals surface area contributed by atoms with Crippen molar-refractivity contribution in [3.63, 3.8) is 0 Å². The first-order valence-corrected chi connectivity index (χ1v) is 6.55. The quantitative estimate of drug-likeness (QED) is 0.688. The molecule has 110 valence electrons. The molecule has 0 aliphatic heterocycles. The van der Waals surface area contributed by atoms with Crippen LogP contribution in [-0.2, 0) is 16.8 Å². The molecule has 0 saturated heterocycles. The van der Waals surface area contributed by atoms with E-state index in [0.29, 0.717) is 12.0 Å². The number of rotatable bonds is 4. The molecule has 5 N–H and O–H groups in total. The highest BCUT2D eigenvalue weighted by atomic mass is 16.4. The third-order valence-corrected chi connectivity index (χ3v) is 3.59. The number of aryl methyl sites for hydroxylation is 1. The van der Waals surface area contributed by atoms with E-state index in [-0.39, 0.29) is 22.6 Å². The number of aromatic hydroxyl groups is 2. The van der Waals surface area contributed by atoms with Gasteiger partial charge in [0.25, 0.3) is 0 Å². The van der Waals surface area contributed by atoms with Crippen LogP contribution in [0, 0.1) is 0 Å². The summed E-state index contributed by atoms with van der Waals surface area (Å²) in [7, 11) is 0. The van der Waals surface area contributed by atoms with Crippen molar-refractivity contribution in [1.82, 2.24) is 0 Å². The molecule has 0 saturated carbocycles. The van der Waals surface area contributed by atoms with Gasteiger partial charge in [0.2, 0.25) is 0 Å². The van der Waals surface area contributed by atoms with Crippen molar-refractivity contribution in [3.05, 3.63) is 59.2 Å². The van der Waals surface area contributed by atoms with Gasteiger partial charge in [0.05, 0.1) is 0 Å². The highest BCUT2D eigenvalue weighted by Gasteiger charge is 2.42. The number of carbonyl (C=O) groups is 1. The minimum Gasteiger partial charge on any atom is -0.508 e. The topological polar surface area (TPSA) is 104 Å². The molecule has 2 aromatic rings. The second-order valence-electron chi connectivity index (χ2n) is 4.80. The maximum atomic E-state index is 11.8. The molecule has 0 aromatic heterocycles. The van der Waals surface area contributed by atoms with Gasteiger partial charge in [-0.25, -0.2) is 4.79 Å². The Morgan fingerprint density at radius 1 is 1.10 bits per heavy atom. The normalized spacial score (nSPS) is 13.6. The van der Waals surface area contributed by atoms with Crippen molar-refractivity contribution in [2.45, 2.75) is 18.9 Å². The summed E-state index contributed by atoms with van der Waals surface area (Å²) in [6.07, 6.45) is 0.538. The molecule has 0 heterocycles. The number of aliphatic carboxylic acids is 1. The van der Waals surface area contributed by atoms with Crippen molar-refractivity contribution in [1.29, 1.82) is 0 Å². The molecule has 2 rings (SSSR count). The summed E-state index contributed by atoms with van der Waals surface area (Å²) in [6.45, 7) is 1.85. The van der Waals surface area contributed by atoms with Gasteiger partial charge < -0.3 is 21.1 Å². The minimum atomic E-state index is -2.03. The Morgan fingerprint density at radius 3 is 2.29 bits per heavy atom. The van der Waals surface area contributed by atoms with Gasteiger partial charge >= 0.3 is 5.97 Å².